The Bertz CT molecular complexity index is 668. The highest BCUT2D eigenvalue weighted by molar-refractivity contribution is 7.89. The molecule has 4 nitrogen and oxygen atoms in total. The van der Waals surface area contributed by atoms with Crippen molar-refractivity contribution in [3.8, 4) is 0 Å². The van der Waals surface area contributed by atoms with Crippen LogP contribution in [0, 0.1) is 6.92 Å². The number of fused-ring (bicyclic) bond motifs is 1. The third-order valence-electron chi connectivity index (χ3n) is 2.27. The van der Waals surface area contributed by atoms with E-state index in [0.29, 0.717) is 10.9 Å². The predicted molar refractivity (Wildman–Crippen MR) is 62.9 cm³/mol. The first-order valence-corrected chi connectivity index (χ1v) is 6.40. The van der Waals surface area contributed by atoms with Crippen molar-refractivity contribution in [3.63, 3.8) is 0 Å². The maximum absolute atomic E-state index is 11.4. The molecule has 2 aromatic rings. The number of pyridine rings is 1. The normalized spacial score (nSPS) is 11.9. The summed E-state index contributed by atoms with van der Waals surface area (Å²) >= 11 is 5.91. The smallest absolute Gasteiger partial charge is 0.240 e. The van der Waals surface area contributed by atoms with Crippen LogP contribution in [0.3, 0.4) is 0 Å². The molecule has 2 N–H and O–H groups in total. The Balaban J connectivity index is 3.05. The molecule has 1 heterocycles. The third kappa shape index (κ3) is 1.77. The lowest BCUT2D eigenvalue weighted by molar-refractivity contribution is 0.598. The molecule has 2 rings (SSSR count). The maximum Gasteiger partial charge on any atom is 0.240 e. The highest BCUT2D eigenvalue weighted by atomic mass is 35.5. The van der Waals surface area contributed by atoms with E-state index >= 15 is 0 Å². The number of hydrogen-bond acceptors (Lipinski definition) is 3. The fraction of sp³-hybridized carbons (Fsp3) is 0.100. The molecule has 0 aliphatic rings. The van der Waals surface area contributed by atoms with Gasteiger partial charge in [0.25, 0.3) is 0 Å². The molecule has 0 saturated heterocycles. The fourth-order valence-electron chi connectivity index (χ4n) is 1.64. The van der Waals surface area contributed by atoms with Crippen molar-refractivity contribution in [2.24, 2.45) is 5.14 Å². The Kier molecular flexibility index (Phi) is 2.61. The van der Waals surface area contributed by atoms with Crippen molar-refractivity contribution in [2.45, 2.75) is 11.8 Å². The highest BCUT2D eigenvalue weighted by Crippen LogP contribution is 2.30. The Morgan fingerprint density at radius 3 is 2.75 bits per heavy atom. The minimum Gasteiger partial charge on any atom is -0.256 e. The van der Waals surface area contributed by atoms with Crippen LogP contribution in [0.5, 0.6) is 0 Å². The number of nitrogens with zero attached hydrogens (tertiary/aromatic N) is 1. The molecule has 84 valence electrons. The molecule has 0 fully saturated rings. The largest absolute Gasteiger partial charge is 0.256 e. The fourth-order valence-corrected chi connectivity index (χ4v) is 3.03. The van der Waals surface area contributed by atoms with E-state index in [1.54, 1.807) is 24.4 Å². The molecule has 0 amide bonds. The van der Waals surface area contributed by atoms with E-state index in [9.17, 15) is 8.42 Å². The molecule has 0 aliphatic carbocycles. The molecule has 0 radical (unpaired) electrons. The van der Waals surface area contributed by atoms with Gasteiger partial charge in [0, 0.05) is 11.6 Å². The average Bonchev–Trinajstić information content (AvgIpc) is 2.15. The summed E-state index contributed by atoms with van der Waals surface area (Å²) < 4.78 is 22.9. The van der Waals surface area contributed by atoms with Crippen molar-refractivity contribution in [1.82, 2.24) is 4.98 Å². The molecule has 1 aromatic carbocycles. The molecular formula is C10H9ClN2O2S. The van der Waals surface area contributed by atoms with Gasteiger partial charge in [-0.15, -0.1) is 0 Å². The number of aromatic nitrogens is 1. The number of benzene rings is 1. The van der Waals surface area contributed by atoms with Crippen LogP contribution >= 0.6 is 11.6 Å². The minimum absolute atomic E-state index is 0.0668. The molecule has 0 atom stereocenters. The van der Waals surface area contributed by atoms with Crippen LogP contribution in [-0.4, -0.2) is 13.4 Å². The summed E-state index contributed by atoms with van der Waals surface area (Å²) in [5.74, 6) is 0. The van der Waals surface area contributed by atoms with Gasteiger partial charge >= 0.3 is 0 Å². The van der Waals surface area contributed by atoms with E-state index in [1.165, 1.54) is 0 Å². The van der Waals surface area contributed by atoms with E-state index in [4.69, 9.17) is 16.7 Å². The third-order valence-corrected chi connectivity index (χ3v) is 3.69. The van der Waals surface area contributed by atoms with Gasteiger partial charge in [-0.05, 0) is 30.7 Å². The summed E-state index contributed by atoms with van der Waals surface area (Å²) in [5, 5.41) is 5.71. The number of nitrogens with two attached hydrogens (primary N) is 1. The number of primary sulfonamides is 1. The van der Waals surface area contributed by atoms with Crippen LogP contribution in [0.1, 0.15) is 5.56 Å². The van der Waals surface area contributed by atoms with E-state index in [0.717, 1.165) is 5.56 Å². The second-order valence-electron chi connectivity index (χ2n) is 3.45. The minimum atomic E-state index is -3.85. The first-order chi connectivity index (χ1) is 7.41. The predicted octanol–water partition coefficient (Wildman–Crippen LogP) is 1.84. The van der Waals surface area contributed by atoms with Crippen molar-refractivity contribution in [3.05, 3.63) is 35.0 Å². The lowest BCUT2D eigenvalue weighted by Crippen LogP contribution is -2.13. The second kappa shape index (κ2) is 3.69. The van der Waals surface area contributed by atoms with Gasteiger partial charge in [-0.1, -0.05) is 11.6 Å². The first-order valence-electron chi connectivity index (χ1n) is 4.48. The summed E-state index contributed by atoms with van der Waals surface area (Å²) in [6.07, 6.45) is 1.59. The first kappa shape index (κ1) is 11.3. The van der Waals surface area contributed by atoms with Crippen molar-refractivity contribution < 1.29 is 8.42 Å². The number of sulfonamides is 1. The number of halogens is 1. The van der Waals surface area contributed by atoms with E-state index in [1.807, 2.05) is 6.92 Å². The zero-order chi connectivity index (χ0) is 11.9. The summed E-state index contributed by atoms with van der Waals surface area (Å²) in [6, 6.07) is 4.84. The molecule has 0 spiro atoms. The summed E-state index contributed by atoms with van der Waals surface area (Å²) in [4.78, 5) is 4.05. The zero-order valence-corrected chi connectivity index (χ0v) is 10.0. The maximum atomic E-state index is 11.4. The lowest BCUT2D eigenvalue weighted by atomic mass is 10.1. The molecular weight excluding hydrogens is 248 g/mol. The molecule has 16 heavy (non-hydrogen) atoms. The molecule has 0 saturated carbocycles. The van der Waals surface area contributed by atoms with Gasteiger partial charge in [0.1, 0.15) is 4.90 Å². The summed E-state index contributed by atoms with van der Waals surface area (Å²) in [7, 11) is -3.85. The van der Waals surface area contributed by atoms with Crippen LogP contribution in [0.4, 0.5) is 0 Å². The monoisotopic (exact) mass is 256 g/mol. The van der Waals surface area contributed by atoms with Crippen molar-refractivity contribution in [1.29, 1.82) is 0 Å². The molecule has 0 unspecified atom stereocenters. The van der Waals surface area contributed by atoms with Crippen LogP contribution in [-0.2, 0) is 10.0 Å². The zero-order valence-electron chi connectivity index (χ0n) is 8.44. The van der Waals surface area contributed by atoms with Gasteiger partial charge in [0.15, 0.2) is 0 Å². The summed E-state index contributed by atoms with van der Waals surface area (Å²) in [5.41, 5.74) is 1.41. The van der Waals surface area contributed by atoms with Gasteiger partial charge in [-0.25, -0.2) is 13.6 Å². The average molecular weight is 257 g/mol. The number of aryl methyl sites for hydroxylation is 1. The second-order valence-corrected chi connectivity index (χ2v) is 5.35. The molecule has 0 aliphatic heterocycles. The van der Waals surface area contributed by atoms with Gasteiger partial charge in [-0.3, -0.25) is 4.98 Å². The Hall–Kier alpha value is -1.17. The van der Waals surface area contributed by atoms with Crippen molar-refractivity contribution >= 4 is 32.5 Å². The summed E-state index contributed by atoms with van der Waals surface area (Å²) in [6.45, 7) is 1.81. The standard InChI is InChI=1S/C10H9ClN2O2S/c1-6-5-8(11)10(16(12,14)15)7-3-2-4-13-9(6)7/h2-5H,1H3,(H2,12,14,15). The topological polar surface area (TPSA) is 73.1 Å². The van der Waals surface area contributed by atoms with Gasteiger partial charge in [-0.2, -0.15) is 0 Å². The Morgan fingerprint density at radius 2 is 2.12 bits per heavy atom. The Labute approximate surface area is 98.1 Å². The van der Waals surface area contributed by atoms with Crippen LogP contribution in [0.25, 0.3) is 10.9 Å². The van der Waals surface area contributed by atoms with E-state index in [-0.39, 0.29) is 9.92 Å². The van der Waals surface area contributed by atoms with Gasteiger partial charge in [0.05, 0.1) is 10.5 Å². The van der Waals surface area contributed by atoms with Crippen LogP contribution in [0.15, 0.2) is 29.3 Å². The van der Waals surface area contributed by atoms with E-state index < -0.39 is 10.0 Å². The lowest BCUT2D eigenvalue weighted by Gasteiger charge is -2.08. The number of rotatable bonds is 1. The Morgan fingerprint density at radius 1 is 1.44 bits per heavy atom. The molecule has 0 bridgehead atoms. The highest BCUT2D eigenvalue weighted by Gasteiger charge is 2.18. The number of hydrogen-bond donors (Lipinski definition) is 1. The molecule has 6 heteroatoms. The van der Waals surface area contributed by atoms with Crippen LogP contribution in [0.2, 0.25) is 5.02 Å². The van der Waals surface area contributed by atoms with Gasteiger partial charge < -0.3 is 0 Å². The van der Waals surface area contributed by atoms with Crippen LogP contribution < -0.4 is 5.14 Å². The molecule has 1 aromatic heterocycles. The van der Waals surface area contributed by atoms with E-state index in [2.05, 4.69) is 4.98 Å². The SMILES string of the molecule is Cc1cc(Cl)c(S(N)(=O)=O)c2cccnc12. The quantitative estimate of drug-likeness (QED) is 0.846. The van der Waals surface area contributed by atoms with Gasteiger partial charge in [0.2, 0.25) is 10.0 Å². The van der Waals surface area contributed by atoms with Crippen molar-refractivity contribution in [2.75, 3.05) is 0 Å².